The molecule has 0 radical (unpaired) electrons. The number of methoxy groups -OCH3 is 1. The molecular weight excluding hydrogens is 330 g/mol. The second kappa shape index (κ2) is 7.46. The zero-order valence-corrected chi connectivity index (χ0v) is 14.2. The SMILES string of the molecule is COc1ccc([C@H](CC(=O)O)NS(=O)(=O)c2ccc(C)cc2)cc1. The molecule has 0 fully saturated rings. The van der Waals surface area contributed by atoms with E-state index in [2.05, 4.69) is 4.72 Å². The first kappa shape index (κ1) is 18.0. The standard InChI is InChI=1S/C17H19NO5S/c1-12-3-9-15(10-4-12)24(21,22)18-16(11-17(19)20)13-5-7-14(23-2)8-6-13/h3-10,16,18H,11H2,1-2H3,(H,19,20)/t16-/m0/s1. The largest absolute Gasteiger partial charge is 0.497 e. The van der Waals surface area contributed by atoms with Gasteiger partial charge >= 0.3 is 5.97 Å². The summed E-state index contributed by atoms with van der Waals surface area (Å²) in [7, 11) is -2.31. The monoisotopic (exact) mass is 349 g/mol. The second-order valence-electron chi connectivity index (χ2n) is 5.36. The number of ether oxygens (including phenoxy) is 1. The lowest BCUT2D eigenvalue weighted by atomic mass is 10.0. The van der Waals surface area contributed by atoms with Crippen molar-refractivity contribution in [1.29, 1.82) is 0 Å². The number of hydrogen-bond donors (Lipinski definition) is 2. The van der Waals surface area contributed by atoms with Crippen molar-refractivity contribution in [1.82, 2.24) is 4.72 Å². The predicted molar refractivity (Wildman–Crippen MR) is 89.5 cm³/mol. The van der Waals surface area contributed by atoms with Gasteiger partial charge in [-0.3, -0.25) is 4.79 Å². The molecule has 1 atom stereocenters. The predicted octanol–water partition coefficient (Wildman–Crippen LogP) is 2.50. The fourth-order valence-electron chi connectivity index (χ4n) is 2.21. The Labute approximate surface area is 141 Å². The molecule has 0 saturated carbocycles. The fraction of sp³-hybridized carbons (Fsp3) is 0.235. The Hall–Kier alpha value is -2.38. The molecule has 2 N–H and O–H groups in total. The van der Waals surface area contributed by atoms with Gasteiger partial charge in [0, 0.05) is 0 Å². The van der Waals surface area contributed by atoms with Crippen LogP contribution in [0.3, 0.4) is 0 Å². The van der Waals surface area contributed by atoms with Crippen LogP contribution in [-0.4, -0.2) is 26.6 Å². The summed E-state index contributed by atoms with van der Waals surface area (Å²) in [6.45, 7) is 1.86. The highest BCUT2D eigenvalue weighted by molar-refractivity contribution is 7.89. The molecule has 0 aliphatic heterocycles. The van der Waals surface area contributed by atoms with Gasteiger partial charge in [0.25, 0.3) is 0 Å². The number of benzene rings is 2. The molecule has 2 aromatic rings. The molecule has 24 heavy (non-hydrogen) atoms. The molecule has 6 nitrogen and oxygen atoms in total. The van der Waals surface area contributed by atoms with Crippen LogP contribution in [-0.2, 0) is 14.8 Å². The highest BCUT2D eigenvalue weighted by atomic mass is 32.2. The van der Waals surface area contributed by atoms with Crippen LogP contribution in [0.25, 0.3) is 0 Å². The number of rotatable bonds is 7. The van der Waals surface area contributed by atoms with Crippen molar-refractivity contribution in [3.63, 3.8) is 0 Å². The Morgan fingerprint density at radius 3 is 2.21 bits per heavy atom. The van der Waals surface area contributed by atoms with Gasteiger partial charge in [0.1, 0.15) is 5.75 Å². The van der Waals surface area contributed by atoms with Gasteiger partial charge in [-0.2, -0.15) is 0 Å². The molecule has 0 aromatic heterocycles. The van der Waals surface area contributed by atoms with Gasteiger partial charge in [0.15, 0.2) is 0 Å². The fourth-order valence-corrected chi connectivity index (χ4v) is 3.44. The molecule has 0 aliphatic carbocycles. The summed E-state index contributed by atoms with van der Waals surface area (Å²) in [4.78, 5) is 11.2. The van der Waals surface area contributed by atoms with Crippen LogP contribution < -0.4 is 9.46 Å². The van der Waals surface area contributed by atoms with Gasteiger partial charge in [-0.15, -0.1) is 0 Å². The van der Waals surface area contributed by atoms with Crippen molar-refractivity contribution in [2.24, 2.45) is 0 Å². The molecule has 7 heteroatoms. The molecule has 0 spiro atoms. The van der Waals surface area contributed by atoms with Crippen molar-refractivity contribution in [3.8, 4) is 5.75 Å². The van der Waals surface area contributed by atoms with Gasteiger partial charge in [0.05, 0.1) is 24.5 Å². The van der Waals surface area contributed by atoms with E-state index in [1.807, 2.05) is 6.92 Å². The number of carboxylic acid groups (broad SMARTS) is 1. The van der Waals surface area contributed by atoms with Crippen LogP contribution in [0, 0.1) is 6.92 Å². The smallest absolute Gasteiger partial charge is 0.305 e. The maximum atomic E-state index is 12.5. The van der Waals surface area contributed by atoms with Crippen molar-refractivity contribution >= 4 is 16.0 Å². The summed E-state index contributed by atoms with van der Waals surface area (Å²) in [6.07, 6.45) is -0.364. The van der Waals surface area contributed by atoms with E-state index < -0.39 is 22.0 Å². The van der Waals surface area contributed by atoms with Crippen LogP contribution in [0.5, 0.6) is 5.75 Å². The summed E-state index contributed by atoms with van der Waals surface area (Å²) in [5, 5.41) is 9.09. The van der Waals surface area contributed by atoms with Crippen LogP contribution >= 0.6 is 0 Å². The average molecular weight is 349 g/mol. The zero-order chi connectivity index (χ0) is 17.7. The van der Waals surface area contributed by atoms with E-state index >= 15 is 0 Å². The van der Waals surface area contributed by atoms with E-state index in [0.717, 1.165) is 5.56 Å². The summed E-state index contributed by atoms with van der Waals surface area (Å²) >= 11 is 0. The van der Waals surface area contributed by atoms with Crippen LogP contribution in [0.15, 0.2) is 53.4 Å². The number of nitrogens with one attached hydrogen (secondary N) is 1. The van der Waals surface area contributed by atoms with Gasteiger partial charge < -0.3 is 9.84 Å². The molecule has 0 saturated heterocycles. The molecule has 0 amide bonds. The third-order valence-corrected chi connectivity index (χ3v) is 5.01. The number of carboxylic acids is 1. The summed E-state index contributed by atoms with van der Waals surface area (Å²) in [5.74, 6) is -0.489. The normalized spacial score (nSPS) is 12.6. The van der Waals surface area contributed by atoms with E-state index in [0.29, 0.717) is 11.3 Å². The molecule has 2 aromatic carbocycles. The lowest BCUT2D eigenvalue weighted by Gasteiger charge is -2.18. The molecule has 0 unspecified atom stereocenters. The second-order valence-corrected chi connectivity index (χ2v) is 7.07. The molecule has 2 rings (SSSR count). The number of hydrogen-bond acceptors (Lipinski definition) is 4. The van der Waals surface area contributed by atoms with Gasteiger partial charge in [-0.05, 0) is 36.8 Å². The average Bonchev–Trinajstić information content (AvgIpc) is 2.54. The third kappa shape index (κ3) is 4.56. The van der Waals surface area contributed by atoms with E-state index in [9.17, 15) is 13.2 Å². The summed E-state index contributed by atoms with van der Waals surface area (Å²) in [5.41, 5.74) is 1.49. The first-order valence-electron chi connectivity index (χ1n) is 7.26. The third-order valence-electron chi connectivity index (χ3n) is 3.53. The highest BCUT2D eigenvalue weighted by Crippen LogP contribution is 2.23. The number of aliphatic carboxylic acids is 1. The van der Waals surface area contributed by atoms with Crippen molar-refractivity contribution in [2.45, 2.75) is 24.3 Å². The zero-order valence-electron chi connectivity index (χ0n) is 13.4. The Kier molecular flexibility index (Phi) is 5.58. The van der Waals surface area contributed by atoms with Crippen molar-refractivity contribution < 1.29 is 23.1 Å². The molecule has 0 heterocycles. The highest BCUT2D eigenvalue weighted by Gasteiger charge is 2.23. The topological polar surface area (TPSA) is 92.7 Å². The Morgan fingerprint density at radius 2 is 1.71 bits per heavy atom. The van der Waals surface area contributed by atoms with E-state index in [1.54, 1.807) is 36.4 Å². The first-order chi connectivity index (χ1) is 11.3. The molecule has 128 valence electrons. The van der Waals surface area contributed by atoms with Crippen LogP contribution in [0.2, 0.25) is 0 Å². The van der Waals surface area contributed by atoms with Crippen LogP contribution in [0.4, 0.5) is 0 Å². The van der Waals surface area contributed by atoms with Gasteiger partial charge in [0.2, 0.25) is 10.0 Å². The molecule has 0 aliphatic rings. The van der Waals surface area contributed by atoms with Crippen LogP contribution in [0.1, 0.15) is 23.6 Å². The van der Waals surface area contributed by atoms with Crippen molar-refractivity contribution in [2.75, 3.05) is 7.11 Å². The Balaban J connectivity index is 2.30. The number of sulfonamides is 1. The Bertz CT molecular complexity index is 798. The van der Waals surface area contributed by atoms with Gasteiger partial charge in [-0.1, -0.05) is 29.8 Å². The minimum atomic E-state index is -3.83. The minimum absolute atomic E-state index is 0.0944. The lowest BCUT2D eigenvalue weighted by Crippen LogP contribution is -2.30. The number of carbonyl (C=O) groups is 1. The lowest BCUT2D eigenvalue weighted by molar-refractivity contribution is -0.137. The van der Waals surface area contributed by atoms with Gasteiger partial charge in [-0.25, -0.2) is 13.1 Å². The quantitative estimate of drug-likeness (QED) is 0.801. The van der Waals surface area contributed by atoms with E-state index in [4.69, 9.17) is 9.84 Å². The summed E-state index contributed by atoms with van der Waals surface area (Å²) < 4.78 is 32.5. The molecule has 0 bridgehead atoms. The maximum absolute atomic E-state index is 12.5. The van der Waals surface area contributed by atoms with E-state index in [-0.39, 0.29) is 11.3 Å². The maximum Gasteiger partial charge on any atom is 0.305 e. The minimum Gasteiger partial charge on any atom is -0.497 e. The Morgan fingerprint density at radius 1 is 1.12 bits per heavy atom. The molecular formula is C17H19NO5S. The first-order valence-corrected chi connectivity index (χ1v) is 8.75. The summed E-state index contributed by atoms with van der Waals surface area (Å²) in [6, 6.07) is 12.1. The number of aryl methyl sites for hydroxylation is 1. The van der Waals surface area contributed by atoms with E-state index in [1.165, 1.54) is 19.2 Å². The van der Waals surface area contributed by atoms with Crippen molar-refractivity contribution in [3.05, 3.63) is 59.7 Å².